The Morgan fingerprint density at radius 1 is 1.30 bits per heavy atom. The van der Waals surface area contributed by atoms with Crippen molar-refractivity contribution in [2.24, 2.45) is 5.41 Å². The van der Waals surface area contributed by atoms with Gasteiger partial charge in [0.15, 0.2) is 0 Å². The Balaban J connectivity index is 1.82. The Bertz CT molecular complexity index is 429. The van der Waals surface area contributed by atoms with E-state index in [0.717, 1.165) is 45.6 Å². The van der Waals surface area contributed by atoms with Gasteiger partial charge in [-0.05, 0) is 41.5 Å². The standard InChI is InChI=1S/C17H28N2O/c1-17(2,7-9-20-3)13-19-11-14-4-5-15-6-8-18-12-16(15)10-14/h4-5,10,18-19H,6-9,11-13H2,1-3H3. The molecule has 2 N–H and O–H groups in total. The van der Waals surface area contributed by atoms with Crippen LogP contribution in [0.3, 0.4) is 0 Å². The average molecular weight is 276 g/mol. The van der Waals surface area contributed by atoms with Crippen LogP contribution in [0.15, 0.2) is 18.2 Å². The maximum absolute atomic E-state index is 5.17. The number of fused-ring (bicyclic) bond motifs is 1. The van der Waals surface area contributed by atoms with Crippen molar-refractivity contribution in [2.45, 2.75) is 39.8 Å². The molecule has 0 fully saturated rings. The molecule has 1 heterocycles. The first-order valence-electron chi connectivity index (χ1n) is 7.62. The van der Waals surface area contributed by atoms with Gasteiger partial charge in [-0.15, -0.1) is 0 Å². The fourth-order valence-corrected chi connectivity index (χ4v) is 2.66. The molecule has 0 unspecified atom stereocenters. The van der Waals surface area contributed by atoms with E-state index in [1.54, 1.807) is 7.11 Å². The van der Waals surface area contributed by atoms with Crippen molar-refractivity contribution >= 4 is 0 Å². The summed E-state index contributed by atoms with van der Waals surface area (Å²) in [6.45, 7) is 9.50. The third-order valence-electron chi connectivity index (χ3n) is 4.07. The van der Waals surface area contributed by atoms with E-state index in [-0.39, 0.29) is 5.41 Å². The number of hydrogen-bond acceptors (Lipinski definition) is 3. The number of rotatable bonds is 7. The molecule has 3 heteroatoms. The largest absolute Gasteiger partial charge is 0.385 e. The minimum absolute atomic E-state index is 0.284. The highest BCUT2D eigenvalue weighted by atomic mass is 16.5. The van der Waals surface area contributed by atoms with Crippen LogP contribution in [0.1, 0.15) is 37.0 Å². The molecule has 1 aliphatic rings. The van der Waals surface area contributed by atoms with Crippen molar-refractivity contribution in [3.8, 4) is 0 Å². The van der Waals surface area contributed by atoms with Gasteiger partial charge in [0.2, 0.25) is 0 Å². The molecule has 0 aromatic heterocycles. The first-order chi connectivity index (χ1) is 9.61. The quantitative estimate of drug-likeness (QED) is 0.803. The van der Waals surface area contributed by atoms with E-state index >= 15 is 0 Å². The zero-order valence-electron chi connectivity index (χ0n) is 13.1. The van der Waals surface area contributed by atoms with Gasteiger partial charge in [-0.25, -0.2) is 0 Å². The number of nitrogens with one attached hydrogen (secondary N) is 2. The highest BCUT2D eigenvalue weighted by Gasteiger charge is 2.17. The Labute approximate surface area is 123 Å². The highest BCUT2D eigenvalue weighted by molar-refractivity contribution is 5.33. The van der Waals surface area contributed by atoms with Crippen LogP contribution in [0, 0.1) is 5.41 Å². The molecule has 0 saturated heterocycles. The smallest absolute Gasteiger partial charge is 0.0467 e. The molecule has 0 bridgehead atoms. The lowest BCUT2D eigenvalue weighted by molar-refractivity contribution is 0.150. The maximum Gasteiger partial charge on any atom is 0.0467 e. The Morgan fingerprint density at radius 2 is 2.15 bits per heavy atom. The molecule has 1 aromatic carbocycles. The van der Waals surface area contributed by atoms with Crippen LogP contribution >= 0.6 is 0 Å². The molecule has 0 saturated carbocycles. The second-order valence-corrected chi connectivity index (χ2v) is 6.54. The van der Waals surface area contributed by atoms with Crippen molar-refractivity contribution in [1.82, 2.24) is 10.6 Å². The van der Waals surface area contributed by atoms with Crippen LogP contribution in [0.25, 0.3) is 0 Å². The first kappa shape index (κ1) is 15.5. The third kappa shape index (κ3) is 4.58. The molecule has 0 radical (unpaired) electrons. The van der Waals surface area contributed by atoms with Crippen LogP contribution in [0.5, 0.6) is 0 Å². The van der Waals surface area contributed by atoms with Crippen molar-refractivity contribution in [3.63, 3.8) is 0 Å². The summed E-state index contributed by atoms with van der Waals surface area (Å²) in [6, 6.07) is 6.90. The van der Waals surface area contributed by atoms with Gasteiger partial charge < -0.3 is 15.4 Å². The van der Waals surface area contributed by atoms with Crippen molar-refractivity contribution in [1.29, 1.82) is 0 Å². The normalized spacial score (nSPS) is 15.2. The lowest BCUT2D eigenvalue weighted by Crippen LogP contribution is -2.30. The van der Waals surface area contributed by atoms with E-state index in [0.29, 0.717) is 0 Å². The minimum Gasteiger partial charge on any atom is -0.385 e. The molecular formula is C17H28N2O. The van der Waals surface area contributed by atoms with Gasteiger partial charge in [0, 0.05) is 33.4 Å². The molecule has 2 rings (SSSR count). The van der Waals surface area contributed by atoms with E-state index in [4.69, 9.17) is 4.74 Å². The van der Waals surface area contributed by atoms with E-state index in [9.17, 15) is 0 Å². The lowest BCUT2D eigenvalue weighted by atomic mass is 9.89. The van der Waals surface area contributed by atoms with E-state index in [2.05, 4.69) is 42.7 Å². The summed E-state index contributed by atoms with van der Waals surface area (Å²) < 4.78 is 5.17. The van der Waals surface area contributed by atoms with Crippen LogP contribution in [0.2, 0.25) is 0 Å². The lowest BCUT2D eigenvalue weighted by Gasteiger charge is -2.25. The number of ether oxygens (including phenoxy) is 1. The van der Waals surface area contributed by atoms with Gasteiger partial charge in [-0.3, -0.25) is 0 Å². The zero-order valence-corrected chi connectivity index (χ0v) is 13.1. The third-order valence-corrected chi connectivity index (χ3v) is 4.07. The zero-order chi connectivity index (χ0) is 14.4. The molecule has 0 atom stereocenters. The molecule has 20 heavy (non-hydrogen) atoms. The summed E-state index contributed by atoms with van der Waals surface area (Å²) in [7, 11) is 1.77. The van der Waals surface area contributed by atoms with Gasteiger partial charge in [0.25, 0.3) is 0 Å². The number of methoxy groups -OCH3 is 1. The minimum atomic E-state index is 0.284. The van der Waals surface area contributed by atoms with Crippen molar-refractivity contribution < 1.29 is 4.74 Å². The summed E-state index contributed by atoms with van der Waals surface area (Å²) in [5.41, 5.74) is 4.64. The van der Waals surface area contributed by atoms with Gasteiger partial charge in [0.05, 0.1) is 0 Å². The molecule has 112 valence electrons. The van der Waals surface area contributed by atoms with Gasteiger partial charge in [0.1, 0.15) is 0 Å². The van der Waals surface area contributed by atoms with Crippen LogP contribution < -0.4 is 10.6 Å². The fraction of sp³-hybridized carbons (Fsp3) is 0.647. The summed E-state index contributed by atoms with van der Waals surface area (Å²) in [5, 5.41) is 7.02. The van der Waals surface area contributed by atoms with Gasteiger partial charge in [-0.1, -0.05) is 32.0 Å². The molecular weight excluding hydrogens is 248 g/mol. The van der Waals surface area contributed by atoms with Crippen molar-refractivity contribution in [2.75, 3.05) is 26.8 Å². The first-order valence-corrected chi connectivity index (χ1v) is 7.62. The average Bonchev–Trinajstić information content (AvgIpc) is 2.45. The van der Waals surface area contributed by atoms with Crippen LogP contribution in [-0.2, 0) is 24.2 Å². The van der Waals surface area contributed by atoms with E-state index in [1.165, 1.54) is 16.7 Å². The van der Waals surface area contributed by atoms with Gasteiger partial charge in [-0.2, -0.15) is 0 Å². The predicted octanol–water partition coefficient (Wildman–Crippen LogP) is 2.48. The van der Waals surface area contributed by atoms with E-state index < -0.39 is 0 Å². The van der Waals surface area contributed by atoms with Gasteiger partial charge >= 0.3 is 0 Å². The van der Waals surface area contributed by atoms with Crippen LogP contribution in [-0.4, -0.2) is 26.8 Å². The van der Waals surface area contributed by atoms with Crippen LogP contribution in [0.4, 0.5) is 0 Å². The van der Waals surface area contributed by atoms with E-state index in [1.807, 2.05) is 0 Å². The fourth-order valence-electron chi connectivity index (χ4n) is 2.66. The molecule has 3 nitrogen and oxygen atoms in total. The summed E-state index contributed by atoms with van der Waals surface area (Å²) in [6.07, 6.45) is 2.25. The monoisotopic (exact) mass is 276 g/mol. The highest BCUT2D eigenvalue weighted by Crippen LogP contribution is 2.19. The SMILES string of the molecule is COCCC(C)(C)CNCc1ccc2c(c1)CNCC2. The molecule has 1 aromatic rings. The number of benzene rings is 1. The molecule has 0 spiro atoms. The second-order valence-electron chi connectivity index (χ2n) is 6.54. The summed E-state index contributed by atoms with van der Waals surface area (Å²) >= 11 is 0. The van der Waals surface area contributed by atoms with Crippen molar-refractivity contribution in [3.05, 3.63) is 34.9 Å². The summed E-state index contributed by atoms with van der Waals surface area (Å²) in [5.74, 6) is 0. The number of hydrogen-bond donors (Lipinski definition) is 2. The Hall–Kier alpha value is -0.900. The molecule has 0 aliphatic carbocycles. The molecule has 0 amide bonds. The topological polar surface area (TPSA) is 33.3 Å². The maximum atomic E-state index is 5.17. The summed E-state index contributed by atoms with van der Waals surface area (Å²) in [4.78, 5) is 0. The Morgan fingerprint density at radius 3 is 2.95 bits per heavy atom. The predicted molar refractivity (Wildman–Crippen MR) is 83.8 cm³/mol. The molecule has 1 aliphatic heterocycles. The second kappa shape index (κ2) is 7.21. The Kier molecular flexibility index (Phi) is 5.58.